The monoisotopic (exact) mass is 317 g/mol. The Morgan fingerprint density at radius 2 is 1.95 bits per heavy atom. The molecule has 0 aromatic heterocycles. The number of aliphatic imine (C=N–C) groups is 1. The highest BCUT2D eigenvalue weighted by Crippen LogP contribution is 2.36. The Hall–Kier alpha value is -1.65. The largest absolute Gasteiger partial charge is 0.457 e. The summed E-state index contributed by atoms with van der Waals surface area (Å²) in [6.07, 6.45) is -0.482. The fraction of sp³-hybridized carbons (Fsp3) is 0.133. The Balaban J connectivity index is 2.09. The van der Waals surface area contributed by atoms with E-state index in [1.807, 2.05) is 48.5 Å². The van der Waals surface area contributed by atoms with Crippen LogP contribution in [0.3, 0.4) is 0 Å². The number of benzene rings is 2. The van der Waals surface area contributed by atoms with Gasteiger partial charge >= 0.3 is 0 Å². The van der Waals surface area contributed by atoms with E-state index in [-0.39, 0.29) is 0 Å². The van der Waals surface area contributed by atoms with E-state index in [2.05, 4.69) is 20.9 Å². The second kappa shape index (κ2) is 5.15. The summed E-state index contributed by atoms with van der Waals surface area (Å²) in [4.78, 5) is 4.65. The summed E-state index contributed by atoms with van der Waals surface area (Å²) in [5.74, 6) is 0.723. The summed E-state index contributed by atoms with van der Waals surface area (Å²) in [5, 5.41) is 0. The topological polar surface area (TPSA) is 30.8 Å². The molecular formula is C15H12BrNO2. The van der Waals surface area contributed by atoms with Crippen LogP contribution < -0.4 is 4.74 Å². The van der Waals surface area contributed by atoms with Crippen LogP contribution in [0.5, 0.6) is 5.75 Å². The van der Waals surface area contributed by atoms with E-state index in [4.69, 9.17) is 9.47 Å². The summed E-state index contributed by atoms with van der Waals surface area (Å²) < 4.78 is 12.2. The van der Waals surface area contributed by atoms with Crippen molar-refractivity contribution in [2.45, 2.75) is 6.29 Å². The predicted molar refractivity (Wildman–Crippen MR) is 78.2 cm³/mol. The minimum Gasteiger partial charge on any atom is -0.457 e. The summed E-state index contributed by atoms with van der Waals surface area (Å²) in [7, 11) is 1.62. The molecule has 0 N–H and O–H groups in total. The van der Waals surface area contributed by atoms with Crippen LogP contribution >= 0.6 is 15.9 Å². The zero-order valence-corrected chi connectivity index (χ0v) is 11.9. The number of nitrogens with zero attached hydrogens (tertiary/aromatic N) is 1. The first-order chi connectivity index (χ1) is 9.28. The number of ether oxygens (including phenoxy) is 2. The molecule has 1 aliphatic rings. The van der Waals surface area contributed by atoms with E-state index < -0.39 is 6.29 Å². The molecule has 2 aromatic rings. The third kappa shape index (κ3) is 2.41. The van der Waals surface area contributed by atoms with Crippen molar-refractivity contribution >= 4 is 27.3 Å². The summed E-state index contributed by atoms with van der Waals surface area (Å²) in [6.45, 7) is 0. The Bertz CT molecular complexity index is 625. The molecule has 0 amide bonds. The van der Waals surface area contributed by atoms with Crippen LogP contribution in [-0.2, 0) is 4.74 Å². The first-order valence-corrected chi connectivity index (χ1v) is 6.70. The molecule has 1 unspecified atom stereocenters. The van der Waals surface area contributed by atoms with Gasteiger partial charge in [-0.1, -0.05) is 46.3 Å². The molecular weight excluding hydrogens is 306 g/mol. The molecule has 1 aliphatic heterocycles. The molecule has 0 radical (unpaired) electrons. The lowest BCUT2D eigenvalue weighted by Gasteiger charge is -2.25. The molecule has 0 aliphatic carbocycles. The van der Waals surface area contributed by atoms with Crippen molar-refractivity contribution < 1.29 is 9.47 Å². The highest BCUT2D eigenvalue weighted by atomic mass is 79.9. The molecule has 3 nitrogen and oxygen atoms in total. The van der Waals surface area contributed by atoms with Gasteiger partial charge in [-0.25, -0.2) is 4.99 Å². The van der Waals surface area contributed by atoms with Gasteiger partial charge in [0.15, 0.2) is 0 Å². The van der Waals surface area contributed by atoms with Crippen molar-refractivity contribution in [3.63, 3.8) is 0 Å². The number of hydrogen-bond acceptors (Lipinski definition) is 3. The Morgan fingerprint density at radius 3 is 2.68 bits per heavy atom. The Kier molecular flexibility index (Phi) is 3.36. The van der Waals surface area contributed by atoms with Gasteiger partial charge in [-0.2, -0.15) is 0 Å². The number of methoxy groups -OCH3 is 1. The molecule has 1 atom stereocenters. The minimum atomic E-state index is -0.482. The van der Waals surface area contributed by atoms with Gasteiger partial charge in [0.25, 0.3) is 0 Å². The smallest absolute Gasteiger partial charge is 0.244 e. The Morgan fingerprint density at radius 1 is 1.16 bits per heavy atom. The first-order valence-electron chi connectivity index (χ1n) is 5.91. The van der Waals surface area contributed by atoms with Gasteiger partial charge in [-0.15, -0.1) is 0 Å². The van der Waals surface area contributed by atoms with Crippen molar-refractivity contribution in [1.82, 2.24) is 0 Å². The molecule has 0 saturated carbocycles. The molecule has 2 aromatic carbocycles. The van der Waals surface area contributed by atoms with Crippen LogP contribution in [0.2, 0.25) is 0 Å². The minimum absolute atomic E-state index is 0.482. The average molecular weight is 318 g/mol. The van der Waals surface area contributed by atoms with Gasteiger partial charge in [-0.3, -0.25) is 0 Å². The number of halogens is 1. The van der Waals surface area contributed by atoms with Gasteiger partial charge in [0.1, 0.15) is 17.1 Å². The molecule has 19 heavy (non-hydrogen) atoms. The maximum absolute atomic E-state index is 5.85. The SMILES string of the molecule is COC1Oc2cc(Br)ccc2N=C1c1ccccc1. The van der Waals surface area contributed by atoms with Gasteiger partial charge < -0.3 is 9.47 Å². The Labute approximate surface area is 120 Å². The van der Waals surface area contributed by atoms with Gasteiger partial charge in [0.05, 0.1) is 0 Å². The van der Waals surface area contributed by atoms with E-state index in [0.717, 1.165) is 27.2 Å². The quantitative estimate of drug-likeness (QED) is 0.840. The summed E-state index contributed by atoms with van der Waals surface area (Å²) >= 11 is 3.42. The highest BCUT2D eigenvalue weighted by Gasteiger charge is 2.25. The predicted octanol–water partition coefficient (Wildman–Crippen LogP) is 3.93. The second-order valence-corrected chi connectivity index (χ2v) is 5.08. The molecule has 4 heteroatoms. The highest BCUT2D eigenvalue weighted by molar-refractivity contribution is 9.10. The lowest BCUT2D eigenvalue weighted by atomic mass is 10.1. The van der Waals surface area contributed by atoms with Gasteiger partial charge in [0.2, 0.25) is 6.29 Å². The molecule has 0 bridgehead atoms. The standard InChI is InChI=1S/C15H12BrNO2/c1-18-15-14(10-5-3-2-4-6-10)17-12-8-7-11(16)9-13(12)19-15/h2-9,15H,1H3. The third-order valence-electron chi connectivity index (χ3n) is 2.90. The first kappa shape index (κ1) is 12.4. The van der Waals surface area contributed by atoms with Crippen LogP contribution in [0.15, 0.2) is 58.0 Å². The lowest BCUT2D eigenvalue weighted by Crippen LogP contribution is -2.32. The van der Waals surface area contributed by atoms with Gasteiger partial charge in [-0.05, 0) is 18.2 Å². The van der Waals surface area contributed by atoms with Crippen LogP contribution in [0.1, 0.15) is 5.56 Å². The molecule has 0 saturated heterocycles. The fourth-order valence-electron chi connectivity index (χ4n) is 2.00. The van der Waals surface area contributed by atoms with E-state index in [9.17, 15) is 0 Å². The van der Waals surface area contributed by atoms with E-state index in [1.54, 1.807) is 7.11 Å². The van der Waals surface area contributed by atoms with Gasteiger partial charge in [0, 0.05) is 17.1 Å². The van der Waals surface area contributed by atoms with Crippen LogP contribution in [-0.4, -0.2) is 19.1 Å². The summed E-state index contributed by atoms with van der Waals surface area (Å²) in [5.41, 5.74) is 2.61. The van der Waals surface area contributed by atoms with Crippen LogP contribution in [0.25, 0.3) is 0 Å². The molecule has 96 valence electrons. The van der Waals surface area contributed by atoms with E-state index >= 15 is 0 Å². The second-order valence-electron chi connectivity index (χ2n) is 4.16. The molecule has 1 heterocycles. The third-order valence-corrected chi connectivity index (χ3v) is 3.40. The van der Waals surface area contributed by atoms with Crippen molar-refractivity contribution in [2.24, 2.45) is 4.99 Å². The zero-order chi connectivity index (χ0) is 13.2. The number of hydrogen-bond donors (Lipinski definition) is 0. The van der Waals surface area contributed by atoms with E-state index in [1.165, 1.54) is 0 Å². The van der Waals surface area contributed by atoms with Crippen LogP contribution in [0, 0.1) is 0 Å². The summed E-state index contributed by atoms with van der Waals surface area (Å²) in [6, 6.07) is 15.7. The van der Waals surface area contributed by atoms with Crippen molar-refractivity contribution in [2.75, 3.05) is 7.11 Å². The zero-order valence-electron chi connectivity index (χ0n) is 10.3. The van der Waals surface area contributed by atoms with Crippen molar-refractivity contribution in [1.29, 1.82) is 0 Å². The average Bonchev–Trinajstić information content (AvgIpc) is 2.46. The van der Waals surface area contributed by atoms with E-state index in [0.29, 0.717) is 0 Å². The maximum atomic E-state index is 5.85. The lowest BCUT2D eigenvalue weighted by molar-refractivity contribution is -0.00152. The number of rotatable bonds is 2. The van der Waals surface area contributed by atoms with Crippen LogP contribution in [0.4, 0.5) is 5.69 Å². The molecule has 0 spiro atoms. The van der Waals surface area contributed by atoms with Crippen molar-refractivity contribution in [3.8, 4) is 5.75 Å². The molecule has 3 rings (SSSR count). The normalized spacial score (nSPS) is 17.4. The van der Waals surface area contributed by atoms with Crippen molar-refractivity contribution in [3.05, 3.63) is 58.6 Å². The maximum Gasteiger partial charge on any atom is 0.244 e. The fourth-order valence-corrected chi connectivity index (χ4v) is 2.34. The molecule has 0 fully saturated rings. The number of fused-ring (bicyclic) bond motifs is 1.